The minimum atomic E-state index is 0.299. The first-order valence-electron chi connectivity index (χ1n) is 6.35. The maximum atomic E-state index is 5.35. The Hall–Kier alpha value is -1.63. The largest absolute Gasteiger partial charge is 0.464 e. The molecule has 0 spiro atoms. The van der Waals surface area contributed by atoms with Gasteiger partial charge in [0.1, 0.15) is 0 Å². The van der Waals surface area contributed by atoms with Crippen LogP contribution in [0.1, 0.15) is 33.6 Å². The lowest BCUT2D eigenvalue weighted by Crippen LogP contribution is -2.28. The monoisotopic (exact) mass is 254 g/mol. The van der Waals surface area contributed by atoms with Crippen molar-refractivity contribution < 1.29 is 4.74 Å². The summed E-state index contributed by atoms with van der Waals surface area (Å²) in [6, 6.07) is 0.299. The van der Waals surface area contributed by atoms with E-state index >= 15 is 0 Å². The Kier molecular flexibility index (Phi) is 6.13. The van der Waals surface area contributed by atoms with E-state index in [1.807, 2.05) is 6.92 Å². The maximum Gasteiger partial charge on any atom is 0.323 e. The van der Waals surface area contributed by atoms with Gasteiger partial charge in [0.15, 0.2) is 0 Å². The summed E-state index contributed by atoms with van der Waals surface area (Å²) in [5, 5.41) is 0. The number of nitrogen functional groups attached to an aromatic ring is 1. The van der Waals surface area contributed by atoms with Crippen LogP contribution in [-0.2, 0) is 0 Å². The third-order valence-corrected chi connectivity index (χ3v) is 2.28. The molecule has 0 aliphatic rings. The zero-order valence-electron chi connectivity index (χ0n) is 11.3. The van der Waals surface area contributed by atoms with E-state index in [0.29, 0.717) is 24.5 Å². The van der Waals surface area contributed by atoms with Crippen LogP contribution in [0.25, 0.3) is 0 Å². The Bertz CT molecular complexity index is 353. The highest BCUT2D eigenvalue weighted by Gasteiger charge is 2.12. The molecule has 0 fully saturated rings. The number of ether oxygens (including phenoxy) is 1. The zero-order chi connectivity index (χ0) is 13.4. The number of anilines is 2. The fourth-order valence-electron chi connectivity index (χ4n) is 1.60. The van der Waals surface area contributed by atoms with E-state index in [4.69, 9.17) is 10.6 Å². The van der Waals surface area contributed by atoms with Crippen molar-refractivity contribution in [3.63, 3.8) is 0 Å². The molecule has 0 saturated heterocycles. The molecule has 0 aliphatic heterocycles. The third kappa shape index (κ3) is 3.99. The van der Waals surface area contributed by atoms with Crippen molar-refractivity contribution in [2.45, 2.75) is 33.6 Å². The number of hydrazine groups is 1. The van der Waals surface area contributed by atoms with Gasteiger partial charge in [0, 0.05) is 13.1 Å². The molecule has 0 atom stereocenters. The number of rotatable bonds is 8. The predicted molar refractivity (Wildman–Crippen MR) is 71.6 cm³/mol. The summed E-state index contributed by atoms with van der Waals surface area (Å²) in [7, 11) is 0. The molecule has 3 N–H and O–H groups in total. The van der Waals surface area contributed by atoms with Crippen molar-refractivity contribution in [2.24, 2.45) is 5.84 Å². The Labute approximate surface area is 108 Å². The van der Waals surface area contributed by atoms with Gasteiger partial charge in [-0.15, -0.1) is 0 Å². The molecular formula is C11H22N6O. The second-order valence-corrected chi connectivity index (χ2v) is 3.81. The summed E-state index contributed by atoms with van der Waals surface area (Å²) in [6.45, 7) is 8.43. The minimum absolute atomic E-state index is 0.299. The number of hydrogen-bond acceptors (Lipinski definition) is 7. The van der Waals surface area contributed by atoms with Gasteiger partial charge in [-0.3, -0.25) is 5.43 Å². The second kappa shape index (κ2) is 7.65. The van der Waals surface area contributed by atoms with Crippen molar-refractivity contribution in [1.82, 2.24) is 15.0 Å². The quantitative estimate of drug-likeness (QED) is 0.532. The van der Waals surface area contributed by atoms with Crippen LogP contribution in [0.2, 0.25) is 0 Å². The smallest absolute Gasteiger partial charge is 0.323 e. The second-order valence-electron chi connectivity index (χ2n) is 3.81. The van der Waals surface area contributed by atoms with Gasteiger partial charge in [0.05, 0.1) is 6.61 Å². The van der Waals surface area contributed by atoms with Gasteiger partial charge >= 0.3 is 6.01 Å². The molecule has 18 heavy (non-hydrogen) atoms. The van der Waals surface area contributed by atoms with Crippen LogP contribution in [0.5, 0.6) is 6.01 Å². The highest BCUT2D eigenvalue weighted by Crippen LogP contribution is 2.15. The summed E-state index contributed by atoms with van der Waals surface area (Å²) in [6.07, 6.45) is 2.06. The first-order chi connectivity index (χ1) is 8.74. The number of hydrogen-bond donors (Lipinski definition) is 2. The highest BCUT2D eigenvalue weighted by atomic mass is 16.5. The molecular weight excluding hydrogens is 232 g/mol. The minimum Gasteiger partial charge on any atom is -0.464 e. The zero-order valence-corrected chi connectivity index (χ0v) is 11.3. The lowest BCUT2D eigenvalue weighted by atomic mass is 10.4. The molecule has 0 bridgehead atoms. The maximum absolute atomic E-state index is 5.35. The van der Waals surface area contributed by atoms with Gasteiger partial charge in [0.25, 0.3) is 0 Å². The van der Waals surface area contributed by atoms with Crippen molar-refractivity contribution in [3.05, 3.63) is 0 Å². The van der Waals surface area contributed by atoms with Crippen LogP contribution in [0.15, 0.2) is 0 Å². The first kappa shape index (κ1) is 14.4. The molecule has 1 aromatic rings. The van der Waals surface area contributed by atoms with E-state index in [-0.39, 0.29) is 0 Å². The van der Waals surface area contributed by atoms with Crippen molar-refractivity contribution in [1.29, 1.82) is 0 Å². The van der Waals surface area contributed by atoms with Crippen LogP contribution in [0.3, 0.4) is 0 Å². The van der Waals surface area contributed by atoms with E-state index in [1.165, 1.54) is 0 Å². The summed E-state index contributed by atoms with van der Waals surface area (Å²) in [4.78, 5) is 14.7. The SMILES string of the molecule is CCCN(CCC)c1nc(NN)nc(OCC)n1. The van der Waals surface area contributed by atoms with E-state index in [9.17, 15) is 0 Å². The molecule has 102 valence electrons. The average Bonchev–Trinajstić information content (AvgIpc) is 2.38. The van der Waals surface area contributed by atoms with Gasteiger partial charge in [-0.2, -0.15) is 15.0 Å². The molecule has 0 unspecified atom stereocenters. The lowest BCUT2D eigenvalue weighted by molar-refractivity contribution is 0.312. The molecule has 1 rings (SSSR count). The average molecular weight is 254 g/mol. The van der Waals surface area contributed by atoms with Gasteiger partial charge in [-0.25, -0.2) is 5.84 Å². The summed E-state index contributed by atoms with van der Waals surface area (Å²) < 4.78 is 5.31. The van der Waals surface area contributed by atoms with Gasteiger partial charge in [0.2, 0.25) is 11.9 Å². The molecule has 0 aliphatic carbocycles. The number of nitrogens with zero attached hydrogens (tertiary/aromatic N) is 4. The third-order valence-electron chi connectivity index (χ3n) is 2.28. The van der Waals surface area contributed by atoms with Crippen LogP contribution in [0, 0.1) is 0 Å². The predicted octanol–water partition coefficient (Wildman–Crippen LogP) is 1.18. The van der Waals surface area contributed by atoms with E-state index in [1.54, 1.807) is 0 Å². The molecule has 0 amide bonds. The summed E-state index contributed by atoms with van der Waals surface area (Å²) in [5.41, 5.74) is 2.44. The summed E-state index contributed by atoms with van der Waals surface area (Å²) in [5.74, 6) is 6.28. The lowest BCUT2D eigenvalue weighted by Gasteiger charge is -2.21. The van der Waals surface area contributed by atoms with Crippen LogP contribution >= 0.6 is 0 Å². The molecule has 0 aromatic carbocycles. The van der Waals surface area contributed by atoms with Crippen LogP contribution in [-0.4, -0.2) is 34.6 Å². The molecule has 7 nitrogen and oxygen atoms in total. The van der Waals surface area contributed by atoms with E-state index < -0.39 is 0 Å². The Morgan fingerprint density at radius 3 is 2.28 bits per heavy atom. The Morgan fingerprint density at radius 1 is 1.11 bits per heavy atom. The van der Waals surface area contributed by atoms with Gasteiger partial charge in [-0.05, 0) is 19.8 Å². The molecule has 1 heterocycles. The topological polar surface area (TPSA) is 89.2 Å². The number of nitrogens with two attached hydrogens (primary N) is 1. The van der Waals surface area contributed by atoms with E-state index in [0.717, 1.165) is 25.9 Å². The van der Waals surface area contributed by atoms with Crippen LogP contribution in [0.4, 0.5) is 11.9 Å². The van der Waals surface area contributed by atoms with Crippen LogP contribution < -0.4 is 20.9 Å². The molecule has 7 heteroatoms. The standard InChI is InChI=1S/C11H22N6O/c1-4-7-17(8-5-2)10-13-9(16-12)14-11(15-10)18-6-3/h4-8,12H2,1-3H3,(H,13,14,15,16). The molecule has 1 aromatic heterocycles. The van der Waals surface area contributed by atoms with Crippen molar-refractivity contribution >= 4 is 11.9 Å². The van der Waals surface area contributed by atoms with Gasteiger partial charge < -0.3 is 9.64 Å². The first-order valence-corrected chi connectivity index (χ1v) is 6.35. The summed E-state index contributed by atoms with van der Waals surface area (Å²) >= 11 is 0. The Morgan fingerprint density at radius 2 is 1.78 bits per heavy atom. The molecule has 0 saturated carbocycles. The van der Waals surface area contributed by atoms with Gasteiger partial charge in [-0.1, -0.05) is 13.8 Å². The van der Waals surface area contributed by atoms with Crippen molar-refractivity contribution in [3.8, 4) is 6.01 Å². The highest BCUT2D eigenvalue weighted by molar-refractivity contribution is 5.37. The van der Waals surface area contributed by atoms with Crippen molar-refractivity contribution in [2.75, 3.05) is 30.0 Å². The fourth-order valence-corrected chi connectivity index (χ4v) is 1.60. The molecule has 0 radical (unpaired) electrons. The Balaban J connectivity index is 2.99. The fraction of sp³-hybridized carbons (Fsp3) is 0.727. The van der Waals surface area contributed by atoms with E-state index in [2.05, 4.69) is 39.1 Å². The normalized spacial score (nSPS) is 10.2. The number of aromatic nitrogens is 3. The number of nitrogens with one attached hydrogen (secondary N) is 1.